The molecule has 0 aromatic heterocycles. The predicted octanol–water partition coefficient (Wildman–Crippen LogP) is 2.78. The maximum absolute atomic E-state index is 11.9. The van der Waals surface area contributed by atoms with Gasteiger partial charge in [-0.05, 0) is 12.1 Å². The van der Waals surface area contributed by atoms with Crippen molar-refractivity contribution in [1.82, 2.24) is 4.90 Å². The molecule has 0 heterocycles. The number of hydrogen-bond donors (Lipinski definition) is 0. The monoisotopic (exact) mass is 322 g/mol. The van der Waals surface area contributed by atoms with E-state index in [1.165, 1.54) is 4.90 Å². The van der Waals surface area contributed by atoms with Crippen molar-refractivity contribution in [2.45, 2.75) is 19.3 Å². The normalized spacial score (nSPS) is 9.74. The quantitative estimate of drug-likeness (QED) is 0.756. The molecule has 0 aliphatic rings. The van der Waals surface area contributed by atoms with Crippen LogP contribution in [0.5, 0.6) is 0 Å². The first kappa shape index (κ1) is 15.4. The molecule has 0 bridgehead atoms. The fourth-order valence-electron chi connectivity index (χ4n) is 1.53. The maximum Gasteiger partial charge on any atom is 0.222 e. The molecule has 1 aromatic carbocycles. The molecule has 0 spiro atoms. The Bertz CT molecular complexity index is 491. The summed E-state index contributed by atoms with van der Waals surface area (Å²) in [4.78, 5) is 25.0. The number of benzene rings is 1. The number of carbonyl (C=O) groups excluding carboxylic acids is 2. The van der Waals surface area contributed by atoms with Crippen LogP contribution in [0.15, 0.2) is 28.7 Å². The van der Waals surface area contributed by atoms with E-state index in [9.17, 15) is 9.59 Å². The van der Waals surface area contributed by atoms with Gasteiger partial charge < -0.3 is 4.90 Å². The summed E-state index contributed by atoms with van der Waals surface area (Å²) in [5, 5.41) is 8.44. The highest BCUT2D eigenvalue weighted by Crippen LogP contribution is 2.13. The van der Waals surface area contributed by atoms with Crippen LogP contribution in [0.25, 0.3) is 0 Å². The minimum Gasteiger partial charge on any atom is -0.345 e. The van der Waals surface area contributed by atoms with Gasteiger partial charge in [-0.2, -0.15) is 5.26 Å². The van der Waals surface area contributed by atoms with E-state index in [1.54, 1.807) is 31.3 Å². The number of halogens is 1. The molecular weight excluding hydrogens is 308 g/mol. The molecular formula is C14H15BrN2O2. The molecule has 0 saturated carbocycles. The lowest BCUT2D eigenvalue weighted by molar-refractivity contribution is -0.129. The largest absolute Gasteiger partial charge is 0.345 e. The SMILES string of the molecule is CN(CCC#N)C(=O)CCC(=O)c1ccc(Br)cc1. The molecule has 0 aliphatic carbocycles. The number of nitrogens with zero attached hydrogens (tertiary/aromatic N) is 2. The zero-order valence-corrected chi connectivity index (χ0v) is 12.3. The summed E-state index contributed by atoms with van der Waals surface area (Å²) in [5.74, 6) is -0.157. The molecule has 1 rings (SSSR count). The number of amides is 1. The third kappa shape index (κ3) is 5.23. The molecule has 0 atom stereocenters. The second-order valence-corrected chi connectivity index (χ2v) is 5.07. The van der Waals surface area contributed by atoms with Crippen LogP contribution in [-0.2, 0) is 4.79 Å². The molecule has 1 aromatic rings. The standard InChI is InChI=1S/C14H15BrN2O2/c1-17(10-2-9-16)14(19)8-7-13(18)11-3-5-12(15)6-4-11/h3-6H,2,7-8,10H2,1H3. The number of hydrogen-bond acceptors (Lipinski definition) is 3. The van der Waals surface area contributed by atoms with Gasteiger partial charge in [0.2, 0.25) is 5.91 Å². The average molecular weight is 323 g/mol. The third-order valence-corrected chi connectivity index (χ3v) is 3.25. The molecule has 4 nitrogen and oxygen atoms in total. The van der Waals surface area contributed by atoms with Crippen molar-refractivity contribution >= 4 is 27.6 Å². The van der Waals surface area contributed by atoms with Gasteiger partial charge in [0.1, 0.15) is 0 Å². The first-order valence-electron chi connectivity index (χ1n) is 5.94. The van der Waals surface area contributed by atoms with Gasteiger partial charge in [0.05, 0.1) is 12.5 Å². The minimum absolute atomic E-state index is 0.0467. The molecule has 0 N–H and O–H groups in total. The maximum atomic E-state index is 11.9. The molecule has 1 amide bonds. The highest BCUT2D eigenvalue weighted by Gasteiger charge is 2.12. The van der Waals surface area contributed by atoms with E-state index in [1.807, 2.05) is 6.07 Å². The number of rotatable bonds is 6. The number of ketones is 1. The Morgan fingerprint density at radius 2 is 1.89 bits per heavy atom. The summed E-state index contributed by atoms with van der Waals surface area (Å²) < 4.78 is 0.913. The zero-order valence-electron chi connectivity index (χ0n) is 10.7. The third-order valence-electron chi connectivity index (χ3n) is 2.72. The van der Waals surface area contributed by atoms with E-state index >= 15 is 0 Å². The van der Waals surface area contributed by atoms with Gasteiger partial charge in [-0.15, -0.1) is 0 Å². The Balaban J connectivity index is 2.44. The van der Waals surface area contributed by atoms with Gasteiger partial charge >= 0.3 is 0 Å². The molecule has 19 heavy (non-hydrogen) atoms. The van der Waals surface area contributed by atoms with Crippen molar-refractivity contribution < 1.29 is 9.59 Å². The average Bonchev–Trinajstić information content (AvgIpc) is 2.42. The van der Waals surface area contributed by atoms with E-state index in [0.29, 0.717) is 18.5 Å². The van der Waals surface area contributed by atoms with Crippen molar-refractivity contribution in [2.24, 2.45) is 0 Å². The first-order chi connectivity index (χ1) is 9.04. The van der Waals surface area contributed by atoms with Gasteiger partial charge in [-0.1, -0.05) is 28.1 Å². The van der Waals surface area contributed by atoms with Crippen molar-refractivity contribution in [3.63, 3.8) is 0 Å². The fourth-order valence-corrected chi connectivity index (χ4v) is 1.80. The molecule has 0 unspecified atom stereocenters. The van der Waals surface area contributed by atoms with Crippen LogP contribution in [0.2, 0.25) is 0 Å². The lowest BCUT2D eigenvalue weighted by Gasteiger charge is -2.14. The summed E-state index contributed by atoms with van der Waals surface area (Å²) >= 11 is 3.30. The minimum atomic E-state index is -0.110. The van der Waals surface area contributed by atoms with Gasteiger partial charge in [-0.3, -0.25) is 9.59 Å². The number of carbonyl (C=O) groups is 2. The van der Waals surface area contributed by atoms with Crippen LogP contribution in [0.4, 0.5) is 0 Å². The molecule has 0 fully saturated rings. The summed E-state index contributed by atoms with van der Waals surface area (Å²) in [7, 11) is 1.64. The van der Waals surface area contributed by atoms with E-state index in [0.717, 1.165) is 4.47 Å². The summed E-state index contributed by atoms with van der Waals surface area (Å²) in [6, 6.07) is 9.05. The van der Waals surface area contributed by atoms with Gasteiger partial charge in [0.25, 0.3) is 0 Å². The Labute approximate surface area is 121 Å². The van der Waals surface area contributed by atoms with Crippen LogP contribution in [-0.4, -0.2) is 30.2 Å². The molecule has 5 heteroatoms. The van der Waals surface area contributed by atoms with Gasteiger partial charge in [0.15, 0.2) is 5.78 Å². The van der Waals surface area contributed by atoms with Crippen molar-refractivity contribution in [2.75, 3.05) is 13.6 Å². The number of Topliss-reactive ketones (excluding diaryl/α,β-unsaturated/α-hetero) is 1. The van der Waals surface area contributed by atoms with Crippen LogP contribution in [0, 0.1) is 11.3 Å². The Morgan fingerprint density at radius 3 is 2.47 bits per heavy atom. The van der Waals surface area contributed by atoms with Crippen molar-refractivity contribution in [3.8, 4) is 6.07 Å². The predicted molar refractivity (Wildman–Crippen MR) is 75.6 cm³/mol. The van der Waals surface area contributed by atoms with Crippen LogP contribution in [0.1, 0.15) is 29.6 Å². The summed E-state index contributed by atoms with van der Waals surface area (Å²) in [6.45, 7) is 0.405. The van der Waals surface area contributed by atoms with Crippen LogP contribution in [0.3, 0.4) is 0 Å². The van der Waals surface area contributed by atoms with Gasteiger partial charge in [0, 0.05) is 36.5 Å². The molecule has 0 saturated heterocycles. The zero-order chi connectivity index (χ0) is 14.3. The second-order valence-electron chi connectivity index (χ2n) is 4.15. The van der Waals surface area contributed by atoms with Crippen LogP contribution >= 0.6 is 15.9 Å². The fraction of sp³-hybridized carbons (Fsp3) is 0.357. The van der Waals surface area contributed by atoms with Gasteiger partial charge in [-0.25, -0.2) is 0 Å². The summed E-state index contributed by atoms with van der Waals surface area (Å²) in [6.07, 6.45) is 0.678. The lowest BCUT2D eigenvalue weighted by Crippen LogP contribution is -2.27. The van der Waals surface area contributed by atoms with Crippen molar-refractivity contribution in [1.29, 1.82) is 5.26 Å². The first-order valence-corrected chi connectivity index (χ1v) is 6.73. The highest BCUT2D eigenvalue weighted by molar-refractivity contribution is 9.10. The van der Waals surface area contributed by atoms with E-state index in [-0.39, 0.29) is 24.5 Å². The van der Waals surface area contributed by atoms with E-state index in [4.69, 9.17) is 5.26 Å². The Morgan fingerprint density at radius 1 is 1.26 bits per heavy atom. The molecule has 100 valence electrons. The van der Waals surface area contributed by atoms with Crippen molar-refractivity contribution in [3.05, 3.63) is 34.3 Å². The van der Waals surface area contributed by atoms with Crippen LogP contribution < -0.4 is 0 Å². The molecule has 0 radical (unpaired) electrons. The van der Waals surface area contributed by atoms with E-state index < -0.39 is 0 Å². The van der Waals surface area contributed by atoms with E-state index in [2.05, 4.69) is 15.9 Å². The lowest BCUT2D eigenvalue weighted by atomic mass is 10.1. The molecule has 0 aliphatic heterocycles. The Hall–Kier alpha value is -1.67. The summed E-state index contributed by atoms with van der Waals surface area (Å²) in [5.41, 5.74) is 0.607. The topological polar surface area (TPSA) is 61.2 Å². The Kier molecular flexibility index (Phi) is 6.23. The smallest absolute Gasteiger partial charge is 0.222 e. The number of nitriles is 1. The second kappa shape index (κ2) is 7.70. The highest BCUT2D eigenvalue weighted by atomic mass is 79.9.